The van der Waals surface area contributed by atoms with Crippen LogP contribution in [0.2, 0.25) is 0 Å². The second kappa shape index (κ2) is 8.34. The first kappa shape index (κ1) is 19.7. The van der Waals surface area contributed by atoms with Crippen LogP contribution in [-0.4, -0.2) is 33.4 Å². The van der Waals surface area contributed by atoms with Crippen molar-refractivity contribution < 1.29 is 19.0 Å². The van der Waals surface area contributed by atoms with Gasteiger partial charge in [0, 0.05) is 6.21 Å². The van der Waals surface area contributed by atoms with Crippen molar-refractivity contribution in [2.45, 2.75) is 6.92 Å². The van der Waals surface area contributed by atoms with E-state index in [-0.39, 0.29) is 17.9 Å². The molecule has 2 N–H and O–H groups in total. The number of aromatic hydroxyl groups is 1. The Hall–Kier alpha value is -4.01. The summed E-state index contributed by atoms with van der Waals surface area (Å²) in [5.74, 6) is -1.63. The normalized spacial score (nSPS) is 11.0. The Morgan fingerprint density at radius 1 is 1.17 bits per heavy atom. The molecule has 0 unspecified atom stereocenters. The maximum absolute atomic E-state index is 13.1. The highest BCUT2D eigenvalue weighted by Crippen LogP contribution is 2.18. The smallest absolute Gasteiger partial charge is 0.338 e. The van der Waals surface area contributed by atoms with Gasteiger partial charge in [-0.2, -0.15) is 0 Å². The molecule has 1 heterocycles. The second-order valence-electron chi connectivity index (χ2n) is 5.83. The number of hydrogen-bond acceptors (Lipinski definition) is 6. The Kier molecular flexibility index (Phi) is 5.68. The molecule has 29 heavy (non-hydrogen) atoms. The van der Waals surface area contributed by atoms with Crippen molar-refractivity contribution in [3.05, 3.63) is 86.3 Å². The molecule has 0 amide bonds. The number of aromatic nitrogens is 2. The fraction of sp³-hybridized carbons (Fsp3) is 0.100. The molecule has 0 spiro atoms. The van der Waals surface area contributed by atoms with Crippen LogP contribution in [0.25, 0.3) is 5.69 Å². The molecule has 0 aliphatic carbocycles. The van der Waals surface area contributed by atoms with Gasteiger partial charge in [-0.25, -0.2) is 18.5 Å². The maximum atomic E-state index is 13.1. The molecule has 0 saturated carbocycles. The lowest BCUT2D eigenvalue weighted by Crippen LogP contribution is -2.31. The average Bonchev–Trinajstić information content (AvgIpc) is 2.69. The summed E-state index contributed by atoms with van der Waals surface area (Å²) < 4.78 is 18.8. The van der Waals surface area contributed by atoms with Gasteiger partial charge < -0.3 is 9.84 Å². The predicted molar refractivity (Wildman–Crippen MR) is 104 cm³/mol. The average molecular weight is 397 g/mol. The second-order valence-corrected chi connectivity index (χ2v) is 5.83. The van der Waals surface area contributed by atoms with E-state index in [1.807, 2.05) is 0 Å². The molecular weight excluding hydrogens is 381 g/mol. The first-order chi connectivity index (χ1) is 13.9. The van der Waals surface area contributed by atoms with Gasteiger partial charge in [0.2, 0.25) is 5.88 Å². The lowest BCUT2D eigenvalue weighted by Gasteiger charge is -2.09. The molecule has 3 rings (SSSR count). The van der Waals surface area contributed by atoms with E-state index in [4.69, 9.17) is 4.74 Å². The van der Waals surface area contributed by atoms with E-state index in [0.29, 0.717) is 11.3 Å². The number of benzene rings is 2. The van der Waals surface area contributed by atoms with E-state index in [0.717, 1.165) is 22.9 Å². The SMILES string of the molecule is CCOC(=O)c1ccc(N=Cc2c(O)n(-c3ccc(F)cc3)c(=O)[nH]c2=O)cc1. The summed E-state index contributed by atoms with van der Waals surface area (Å²) in [7, 11) is 0. The number of halogens is 1. The fourth-order valence-electron chi connectivity index (χ4n) is 2.52. The molecule has 0 radical (unpaired) electrons. The predicted octanol–water partition coefficient (Wildman–Crippen LogP) is 2.30. The molecule has 0 fully saturated rings. The summed E-state index contributed by atoms with van der Waals surface area (Å²) >= 11 is 0. The van der Waals surface area contributed by atoms with Crippen molar-refractivity contribution >= 4 is 17.9 Å². The fourth-order valence-corrected chi connectivity index (χ4v) is 2.52. The molecule has 0 aliphatic rings. The summed E-state index contributed by atoms with van der Waals surface area (Å²) in [6, 6.07) is 10.9. The van der Waals surface area contributed by atoms with Gasteiger partial charge in [0.25, 0.3) is 5.56 Å². The number of esters is 1. The van der Waals surface area contributed by atoms with E-state index < -0.39 is 28.9 Å². The summed E-state index contributed by atoms with van der Waals surface area (Å²) in [4.78, 5) is 42.0. The summed E-state index contributed by atoms with van der Waals surface area (Å²) in [6.07, 6.45) is 1.09. The van der Waals surface area contributed by atoms with Crippen molar-refractivity contribution in [1.82, 2.24) is 9.55 Å². The quantitative estimate of drug-likeness (QED) is 0.507. The zero-order valence-electron chi connectivity index (χ0n) is 15.3. The zero-order valence-corrected chi connectivity index (χ0v) is 15.3. The van der Waals surface area contributed by atoms with Crippen LogP contribution in [0.15, 0.2) is 63.1 Å². The zero-order chi connectivity index (χ0) is 21.0. The van der Waals surface area contributed by atoms with Crippen LogP contribution in [0.3, 0.4) is 0 Å². The highest BCUT2D eigenvalue weighted by molar-refractivity contribution is 5.90. The van der Waals surface area contributed by atoms with E-state index in [9.17, 15) is 23.9 Å². The number of aliphatic imine (C=N–C) groups is 1. The Morgan fingerprint density at radius 2 is 1.83 bits per heavy atom. The standard InChI is InChI=1S/C20H16FN3O5/c1-2-29-19(27)12-3-7-14(8-4-12)22-11-16-17(25)23-20(28)24(18(16)26)15-9-5-13(21)6-10-15/h3-11,26H,2H2,1H3,(H,23,25,28). The summed E-state index contributed by atoms with van der Waals surface area (Å²) in [5.41, 5.74) is -1.07. The lowest BCUT2D eigenvalue weighted by molar-refractivity contribution is 0.0526. The molecular formula is C20H16FN3O5. The number of nitrogens with zero attached hydrogens (tertiary/aromatic N) is 2. The van der Waals surface area contributed by atoms with Crippen molar-refractivity contribution in [2.75, 3.05) is 6.61 Å². The molecule has 0 aliphatic heterocycles. The molecule has 3 aromatic rings. The van der Waals surface area contributed by atoms with Crippen molar-refractivity contribution in [3.63, 3.8) is 0 Å². The molecule has 0 saturated heterocycles. The van der Waals surface area contributed by atoms with Gasteiger partial charge in [-0.05, 0) is 55.5 Å². The Morgan fingerprint density at radius 3 is 2.45 bits per heavy atom. The molecule has 1 aromatic heterocycles. The van der Waals surface area contributed by atoms with Crippen LogP contribution in [0.1, 0.15) is 22.8 Å². The van der Waals surface area contributed by atoms with Crippen molar-refractivity contribution in [1.29, 1.82) is 0 Å². The maximum Gasteiger partial charge on any atom is 0.338 e. The van der Waals surface area contributed by atoms with Crippen LogP contribution in [0, 0.1) is 5.82 Å². The number of ether oxygens (including phenoxy) is 1. The number of aromatic amines is 1. The molecule has 8 nitrogen and oxygen atoms in total. The van der Waals surface area contributed by atoms with Crippen LogP contribution >= 0.6 is 0 Å². The van der Waals surface area contributed by atoms with Gasteiger partial charge in [-0.15, -0.1) is 0 Å². The number of nitrogens with one attached hydrogen (secondary N) is 1. The molecule has 9 heteroatoms. The molecule has 0 bridgehead atoms. The monoisotopic (exact) mass is 397 g/mol. The van der Waals surface area contributed by atoms with Crippen LogP contribution < -0.4 is 11.2 Å². The minimum absolute atomic E-state index is 0.165. The Bertz CT molecular complexity index is 1180. The highest BCUT2D eigenvalue weighted by Gasteiger charge is 2.14. The molecule has 2 aromatic carbocycles. The van der Waals surface area contributed by atoms with E-state index in [1.54, 1.807) is 6.92 Å². The van der Waals surface area contributed by atoms with Crippen LogP contribution in [0.5, 0.6) is 5.88 Å². The first-order valence-electron chi connectivity index (χ1n) is 8.56. The number of rotatable bonds is 5. The minimum Gasteiger partial charge on any atom is -0.493 e. The van der Waals surface area contributed by atoms with E-state index >= 15 is 0 Å². The third kappa shape index (κ3) is 4.29. The van der Waals surface area contributed by atoms with E-state index in [2.05, 4.69) is 9.98 Å². The largest absolute Gasteiger partial charge is 0.493 e. The van der Waals surface area contributed by atoms with Crippen LogP contribution in [0.4, 0.5) is 10.1 Å². The summed E-state index contributed by atoms with van der Waals surface area (Å²) in [5, 5.41) is 10.4. The topological polar surface area (TPSA) is 114 Å². The number of carbonyl (C=O) groups is 1. The highest BCUT2D eigenvalue weighted by atomic mass is 19.1. The van der Waals surface area contributed by atoms with Gasteiger partial charge in [0.1, 0.15) is 11.4 Å². The van der Waals surface area contributed by atoms with Gasteiger partial charge >= 0.3 is 11.7 Å². The van der Waals surface area contributed by atoms with Gasteiger partial charge in [0.15, 0.2) is 0 Å². The van der Waals surface area contributed by atoms with Gasteiger partial charge in [-0.1, -0.05) is 0 Å². The number of H-pyrrole nitrogens is 1. The third-order valence-corrected chi connectivity index (χ3v) is 3.93. The molecule has 0 atom stereocenters. The summed E-state index contributed by atoms with van der Waals surface area (Å²) in [6.45, 7) is 1.95. The number of hydrogen-bond donors (Lipinski definition) is 2. The van der Waals surface area contributed by atoms with Gasteiger partial charge in [0.05, 0.1) is 23.5 Å². The third-order valence-electron chi connectivity index (χ3n) is 3.93. The van der Waals surface area contributed by atoms with Crippen LogP contribution in [-0.2, 0) is 4.74 Å². The minimum atomic E-state index is -0.880. The van der Waals surface area contributed by atoms with Crippen molar-refractivity contribution in [2.24, 2.45) is 4.99 Å². The lowest BCUT2D eigenvalue weighted by atomic mass is 10.2. The number of carbonyl (C=O) groups excluding carboxylic acids is 1. The Labute approximate surface area is 163 Å². The van der Waals surface area contributed by atoms with Gasteiger partial charge in [-0.3, -0.25) is 14.8 Å². The van der Waals surface area contributed by atoms with Crippen molar-refractivity contribution in [3.8, 4) is 11.6 Å². The first-order valence-corrected chi connectivity index (χ1v) is 8.56. The Balaban J connectivity index is 1.96. The molecule has 148 valence electrons. The van der Waals surface area contributed by atoms with E-state index in [1.165, 1.54) is 36.4 Å².